The molecule has 0 radical (unpaired) electrons. The van der Waals surface area contributed by atoms with Crippen molar-refractivity contribution in [1.82, 2.24) is 14.9 Å². The lowest BCUT2D eigenvalue weighted by Crippen LogP contribution is -2.34. The van der Waals surface area contributed by atoms with Crippen LogP contribution in [0.5, 0.6) is 0 Å². The Labute approximate surface area is 183 Å². The average Bonchev–Trinajstić information content (AvgIpc) is 2.70. The van der Waals surface area contributed by atoms with Gasteiger partial charge in [0.05, 0.1) is 27.5 Å². The number of likely N-dealkylation sites (N-methyl/N-ethyl adjacent to an activating group) is 1. The van der Waals surface area contributed by atoms with Crippen LogP contribution in [0.4, 0.5) is 5.69 Å². The minimum atomic E-state index is -0.343. The van der Waals surface area contributed by atoms with Crippen molar-refractivity contribution in [3.63, 3.8) is 0 Å². The van der Waals surface area contributed by atoms with Gasteiger partial charge >= 0.3 is 0 Å². The highest BCUT2D eigenvalue weighted by Crippen LogP contribution is 2.24. The molecule has 0 aliphatic rings. The number of rotatable bonds is 7. The molecule has 0 atom stereocenters. The molecule has 2 N–H and O–H groups in total. The van der Waals surface area contributed by atoms with E-state index < -0.39 is 0 Å². The minimum absolute atomic E-state index is 0.0931. The number of H-pyrrole nitrogens is 1. The van der Waals surface area contributed by atoms with Gasteiger partial charge in [-0.25, -0.2) is 4.98 Å². The highest BCUT2D eigenvalue weighted by atomic mass is 35.5. The Balaban J connectivity index is 1.49. The molecule has 0 fully saturated rings. The van der Waals surface area contributed by atoms with Crippen molar-refractivity contribution in [3.8, 4) is 0 Å². The molecule has 7 nitrogen and oxygen atoms in total. The van der Waals surface area contributed by atoms with Gasteiger partial charge in [0.15, 0.2) is 0 Å². The molecule has 0 saturated heterocycles. The van der Waals surface area contributed by atoms with E-state index in [0.29, 0.717) is 45.3 Å². The number of aromatic amines is 1. The number of benzene rings is 2. The second kappa shape index (κ2) is 9.73. The molecular weight excluding hydrogens is 427 g/mol. The molecule has 9 heteroatoms. The number of anilines is 1. The van der Waals surface area contributed by atoms with Crippen LogP contribution in [0.2, 0.25) is 10.0 Å². The van der Waals surface area contributed by atoms with Crippen molar-refractivity contribution in [2.45, 2.75) is 19.3 Å². The number of hydrogen-bond acceptors (Lipinski definition) is 4. The summed E-state index contributed by atoms with van der Waals surface area (Å²) in [5.41, 5.74) is 0.929. The molecule has 2 aromatic carbocycles. The Bertz CT molecular complexity index is 1150. The molecular formula is C21H20Cl2N4O3. The van der Waals surface area contributed by atoms with Crippen LogP contribution in [0.15, 0.2) is 47.3 Å². The number of carbonyl (C=O) groups is 2. The second-order valence-electron chi connectivity index (χ2n) is 6.81. The summed E-state index contributed by atoms with van der Waals surface area (Å²) in [5, 5.41) is 3.93. The van der Waals surface area contributed by atoms with E-state index in [0.717, 1.165) is 0 Å². The monoisotopic (exact) mass is 446 g/mol. The minimum Gasteiger partial charge on any atom is -0.336 e. The Hall–Kier alpha value is -2.90. The third-order valence-corrected chi connectivity index (χ3v) is 5.22. The Morgan fingerprint density at radius 1 is 1.13 bits per heavy atom. The fraction of sp³-hybridized carbons (Fsp3) is 0.238. The molecule has 156 valence electrons. The van der Waals surface area contributed by atoms with Gasteiger partial charge in [0.1, 0.15) is 5.82 Å². The molecule has 0 unspecified atom stereocenters. The summed E-state index contributed by atoms with van der Waals surface area (Å²) in [6.45, 7) is -0.0931. The number of fused-ring (bicyclic) bond motifs is 1. The lowest BCUT2D eigenvalue weighted by molar-refractivity contribution is -0.133. The van der Waals surface area contributed by atoms with E-state index >= 15 is 0 Å². The summed E-state index contributed by atoms with van der Waals surface area (Å²) in [6.07, 6.45) is 1.18. The van der Waals surface area contributed by atoms with Crippen molar-refractivity contribution in [3.05, 3.63) is 68.7 Å². The average molecular weight is 447 g/mol. The summed E-state index contributed by atoms with van der Waals surface area (Å²) < 4.78 is 0. The highest BCUT2D eigenvalue weighted by molar-refractivity contribution is 6.42. The van der Waals surface area contributed by atoms with Gasteiger partial charge in [0.25, 0.3) is 5.56 Å². The molecule has 0 aliphatic carbocycles. The van der Waals surface area contributed by atoms with Crippen LogP contribution < -0.4 is 10.9 Å². The standard InChI is InChI=1S/C21H20Cl2N4O3/c1-27(12-19(28)24-13-9-10-15(22)16(23)11-13)20(29)8-4-7-18-25-17-6-3-2-5-14(17)21(30)26-18/h2-3,5-6,9-11H,4,7-8,12H2,1H3,(H,24,28)(H,25,26,30). The van der Waals surface area contributed by atoms with Gasteiger partial charge in [0.2, 0.25) is 11.8 Å². The van der Waals surface area contributed by atoms with Crippen LogP contribution in [-0.4, -0.2) is 40.3 Å². The lowest BCUT2D eigenvalue weighted by atomic mass is 10.2. The van der Waals surface area contributed by atoms with Crippen LogP contribution in [0, 0.1) is 0 Å². The zero-order valence-corrected chi connectivity index (χ0v) is 17.8. The van der Waals surface area contributed by atoms with Crippen LogP contribution in [-0.2, 0) is 16.0 Å². The van der Waals surface area contributed by atoms with Crippen LogP contribution >= 0.6 is 23.2 Å². The largest absolute Gasteiger partial charge is 0.336 e. The maximum absolute atomic E-state index is 12.3. The number of hydrogen-bond donors (Lipinski definition) is 2. The number of nitrogens with zero attached hydrogens (tertiary/aromatic N) is 2. The fourth-order valence-corrected chi connectivity index (χ4v) is 3.23. The molecule has 0 spiro atoms. The molecule has 2 amide bonds. The maximum Gasteiger partial charge on any atom is 0.258 e. The predicted octanol–water partition coefficient (Wildman–Crippen LogP) is 3.65. The number of nitrogens with one attached hydrogen (secondary N) is 2. The Morgan fingerprint density at radius 3 is 2.67 bits per heavy atom. The van der Waals surface area contributed by atoms with Gasteiger partial charge in [0, 0.05) is 25.6 Å². The summed E-state index contributed by atoms with van der Waals surface area (Å²) in [6, 6.07) is 11.9. The first kappa shape index (κ1) is 21.8. The zero-order chi connectivity index (χ0) is 21.7. The first-order valence-corrected chi connectivity index (χ1v) is 10.1. The predicted molar refractivity (Wildman–Crippen MR) is 118 cm³/mol. The molecule has 1 heterocycles. The number of aryl methyl sites for hydroxylation is 1. The van der Waals surface area contributed by atoms with Gasteiger partial charge in [-0.05, 0) is 36.8 Å². The number of halogens is 2. The van der Waals surface area contributed by atoms with Crippen molar-refractivity contribution in [2.75, 3.05) is 18.9 Å². The first-order valence-electron chi connectivity index (χ1n) is 9.30. The Kier molecular flexibility index (Phi) is 7.07. The van der Waals surface area contributed by atoms with Crippen molar-refractivity contribution < 1.29 is 9.59 Å². The number of carbonyl (C=O) groups excluding carboxylic acids is 2. The number of para-hydroxylation sites is 1. The summed E-state index contributed by atoms with van der Waals surface area (Å²) in [7, 11) is 1.56. The van der Waals surface area contributed by atoms with Crippen molar-refractivity contribution >= 4 is 51.6 Å². The van der Waals surface area contributed by atoms with Crippen LogP contribution in [0.1, 0.15) is 18.7 Å². The molecule has 1 aromatic heterocycles. The Morgan fingerprint density at radius 2 is 1.90 bits per heavy atom. The third kappa shape index (κ3) is 5.58. The highest BCUT2D eigenvalue weighted by Gasteiger charge is 2.14. The van der Waals surface area contributed by atoms with E-state index in [1.165, 1.54) is 4.90 Å². The molecule has 0 bridgehead atoms. The molecule has 0 saturated carbocycles. The van der Waals surface area contributed by atoms with E-state index in [4.69, 9.17) is 23.2 Å². The van der Waals surface area contributed by atoms with Gasteiger partial charge in [-0.1, -0.05) is 35.3 Å². The van der Waals surface area contributed by atoms with Gasteiger partial charge in [-0.3, -0.25) is 14.4 Å². The van der Waals surface area contributed by atoms with Gasteiger partial charge in [-0.15, -0.1) is 0 Å². The normalized spacial score (nSPS) is 10.8. The van der Waals surface area contributed by atoms with Crippen LogP contribution in [0.25, 0.3) is 10.9 Å². The first-order chi connectivity index (χ1) is 14.3. The smallest absolute Gasteiger partial charge is 0.258 e. The van der Waals surface area contributed by atoms with Crippen molar-refractivity contribution in [1.29, 1.82) is 0 Å². The molecule has 0 aliphatic heterocycles. The van der Waals surface area contributed by atoms with Gasteiger partial charge < -0.3 is 15.2 Å². The lowest BCUT2D eigenvalue weighted by Gasteiger charge is -2.17. The number of aromatic nitrogens is 2. The van der Waals surface area contributed by atoms with E-state index in [1.54, 1.807) is 43.4 Å². The summed E-state index contributed by atoms with van der Waals surface area (Å²) in [5.74, 6) is 0.0127. The molecule has 3 rings (SSSR count). The summed E-state index contributed by atoms with van der Waals surface area (Å²) in [4.78, 5) is 45.1. The van der Waals surface area contributed by atoms with E-state index in [1.807, 2.05) is 6.07 Å². The second-order valence-corrected chi connectivity index (χ2v) is 7.62. The van der Waals surface area contributed by atoms with Crippen LogP contribution in [0.3, 0.4) is 0 Å². The fourth-order valence-electron chi connectivity index (χ4n) is 2.93. The van der Waals surface area contributed by atoms with Crippen molar-refractivity contribution in [2.24, 2.45) is 0 Å². The topological polar surface area (TPSA) is 95.2 Å². The molecule has 3 aromatic rings. The van der Waals surface area contributed by atoms with E-state index in [-0.39, 0.29) is 30.3 Å². The quantitative estimate of drug-likeness (QED) is 0.578. The summed E-state index contributed by atoms with van der Waals surface area (Å²) >= 11 is 11.8. The van der Waals surface area contributed by atoms with E-state index in [9.17, 15) is 14.4 Å². The SMILES string of the molecule is CN(CC(=O)Nc1ccc(Cl)c(Cl)c1)C(=O)CCCc1nc2ccccc2c(=O)[nH]1. The van der Waals surface area contributed by atoms with Gasteiger partial charge in [-0.2, -0.15) is 0 Å². The zero-order valence-electron chi connectivity index (χ0n) is 16.2. The third-order valence-electron chi connectivity index (χ3n) is 4.48. The maximum atomic E-state index is 12.3. The van der Waals surface area contributed by atoms with E-state index in [2.05, 4.69) is 15.3 Å². The molecule has 30 heavy (non-hydrogen) atoms. The number of amides is 2.